The van der Waals surface area contributed by atoms with E-state index in [4.69, 9.17) is 76.3 Å². The number of rotatable bonds is 44. The van der Waals surface area contributed by atoms with Crippen molar-refractivity contribution in [3.8, 4) is 92.1 Å². The molecule has 0 bridgehead atoms. The van der Waals surface area contributed by atoms with E-state index in [-0.39, 0.29) is 136 Å². The van der Waals surface area contributed by atoms with E-state index in [1.54, 1.807) is 96.6 Å². The Morgan fingerprint density at radius 1 is 0.297 bits per heavy atom. The Morgan fingerprint density at radius 3 is 0.781 bits per heavy atom. The average Bonchev–Trinajstić information content (AvgIpc) is 0.776. The van der Waals surface area contributed by atoms with Gasteiger partial charge in [-0.2, -0.15) is 52.6 Å². The van der Waals surface area contributed by atoms with Crippen molar-refractivity contribution >= 4 is 128 Å². The average molecular weight is 2120 g/mol. The standard InChI is InChI=1S/4C20H23BrN6O4S/c4*1-3-8-26-32(28,29)27-18-17(15-4-6-16(21)7-5-15)19(25-13-24-18)30-9-10-31-20-22-11-14(2)12-23-20/h4*4-7,11-13,26H,3,8-10H2,1-2H3,(H,24,25,27)/i8D2,9D2,10D2,11D,12D;3D2,8D2,10D2,11D,12D;9D2,10D2,11D,12D;8D2,10D2,11D,12D. The van der Waals surface area contributed by atoms with Crippen molar-refractivity contribution < 1.29 is 110 Å². The van der Waals surface area contributed by atoms with Crippen molar-refractivity contribution in [3.05, 3.63) is 212 Å². The first-order valence-corrected chi connectivity index (χ1v) is 45.4. The zero-order valence-electron chi connectivity index (χ0n) is 95.6. The number of hydrogen-bond acceptors (Lipinski definition) is 32. The van der Waals surface area contributed by atoms with Crippen LogP contribution in [0.15, 0.2) is 190 Å². The van der Waals surface area contributed by atoms with Crippen molar-refractivity contribution in [2.75, 3.05) is 97.5 Å². The molecule has 4 aromatic carbocycles. The molecule has 8 heterocycles. The van der Waals surface area contributed by atoms with Crippen LogP contribution in [0.1, 0.15) is 114 Å². The first-order chi connectivity index (χ1) is 71.9. The molecule has 0 amide bonds. The van der Waals surface area contributed by atoms with Gasteiger partial charge in [-0.05, 0) is 146 Å². The monoisotopic (exact) mass is 2120 g/mol. The molecular weight excluding hydrogens is 2000 g/mol. The van der Waals surface area contributed by atoms with Crippen molar-refractivity contribution in [2.45, 2.75) is 81.0 Å². The number of benzene rings is 4. The molecule has 128 heavy (non-hydrogen) atoms. The number of halogens is 4. The van der Waals surface area contributed by atoms with E-state index in [0.717, 1.165) is 36.7 Å². The van der Waals surface area contributed by atoms with E-state index >= 15 is 0 Å². The molecule has 8 N–H and O–H groups in total. The summed E-state index contributed by atoms with van der Waals surface area (Å²) in [6.07, 6.45) is -1.53. The summed E-state index contributed by atoms with van der Waals surface area (Å²) in [6, 6.07) is 22.9. The van der Waals surface area contributed by atoms with Crippen LogP contribution in [0.2, 0.25) is 0 Å². The van der Waals surface area contributed by atoms with Gasteiger partial charge in [0.05, 0.1) is 49.7 Å². The van der Waals surface area contributed by atoms with Crippen LogP contribution >= 0.6 is 63.7 Å². The smallest absolute Gasteiger partial charge is 0.316 e. The Hall–Kier alpha value is -11.3. The quantitative estimate of drug-likeness (QED) is 0.0176. The summed E-state index contributed by atoms with van der Waals surface area (Å²) in [5, 5.41) is 0. The lowest BCUT2D eigenvalue weighted by atomic mass is 10.1. The Labute approximate surface area is 814 Å². The zero-order chi connectivity index (χ0) is 117. The molecule has 0 radical (unpaired) electrons. The molecule has 48 heteroatoms. The lowest BCUT2D eigenvalue weighted by molar-refractivity contribution is 0.202. The normalized spacial score (nSPS) is 15.5. The molecule has 0 unspecified atom stereocenters. The maximum Gasteiger partial charge on any atom is 0.316 e. The molecule has 0 aliphatic heterocycles. The first-order valence-electron chi connectivity index (χ1n) is 50.3. The van der Waals surface area contributed by atoms with Crippen molar-refractivity contribution in [2.24, 2.45) is 0 Å². The Morgan fingerprint density at radius 2 is 0.531 bits per heavy atom. The predicted octanol–water partition coefficient (Wildman–Crippen LogP) is 12.5. The van der Waals surface area contributed by atoms with E-state index in [1.165, 1.54) is 53.7 Å². The highest BCUT2D eigenvalue weighted by molar-refractivity contribution is 9.11. The van der Waals surface area contributed by atoms with Crippen LogP contribution in [0, 0.1) is 27.7 Å². The van der Waals surface area contributed by atoms with Gasteiger partial charge in [0.2, 0.25) is 23.5 Å². The molecule has 12 aromatic rings. The molecule has 0 atom stereocenters. The van der Waals surface area contributed by atoms with Gasteiger partial charge in [0.15, 0.2) is 23.3 Å². The third-order valence-corrected chi connectivity index (χ3v) is 20.1. The molecular formula is C80H92Br4N24O16S4. The van der Waals surface area contributed by atoms with Crippen LogP contribution in [0.5, 0.6) is 47.6 Å². The summed E-state index contributed by atoms with van der Waals surface area (Å²) in [7, 11) is -17.8. The predicted molar refractivity (Wildman–Crippen MR) is 495 cm³/mol. The Balaban J connectivity index is 0.000000230. The van der Waals surface area contributed by atoms with Crippen molar-refractivity contribution in [1.29, 1.82) is 0 Å². The van der Waals surface area contributed by atoms with Crippen molar-refractivity contribution in [3.63, 3.8) is 0 Å². The maximum absolute atomic E-state index is 12.7. The number of hydrogen-bond donors (Lipinski definition) is 8. The van der Waals surface area contributed by atoms with Gasteiger partial charge < -0.3 is 37.9 Å². The summed E-state index contributed by atoms with van der Waals surface area (Å²) in [5.41, 5.74) is 1.61. The zero-order valence-corrected chi connectivity index (χ0v) is 77.2. The fourth-order valence-electron chi connectivity index (χ4n) is 9.07. The highest BCUT2D eigenvalue weighted by Crippen LogP contribution is 2.39. The van der Waals surface area contributed by atoms with E-state index in [0.29, 0.717) is 36.5 Å². The second-order valence-electron chi connectivity index (χ2n) is 24.0. The van der Waals surface area contributed by atoms with Gasteiger partial charge in [-0.3, -0.25) is 18.9 Å². The van der Waals surface area contributed by atoms with Gasteiger partial charge in [-0.25, -0.2) is 79.7 Å². The molecule has 680 valence electrons. The van der Waals surface area contributed by atoms with E-state index in [1.807, 2.05) is 14.2 Å². The van der Waals surface area contributed by atoms with Gasteiger partial charge in [-0.15, -0.1) is 0 Å². The number of anilines is 4. The lowest BCUT2D eigenvalue weighted by Crippen LogP contribution is -2.31. The summed E-state index contributed by atoms with van der Waals surface area (Å²) in [6.45, 7) is -16.0. The van der Waals surface area contributed by atoms with Crippen LogP contribution in [-0.4, -0.2) is 192 Å². The lowest BCUT2D eigenvalue weighted by Gasteiger charge is -2.15. The number of nitrogens with one attached hydrogen (secondary N) is 8. The van der Waals surface area contributed by atoms with Gasteiger partial charge in [-0.1, -0.05) is 140 Å². The van der Waals surface area contributed by atoms with E-state index < -0.39 is 173 Å². The molecule has 0 aliphatic rings. The molecule has 0 fully saturated rings. The molecule has 0 spiro atoms. The van der Waals surface area contributed by atoms with Crippen LogP contribution in [0.4, 0.5) is 23.3 Å². The SMILES string of the molecule is [2H]c1nc(OC([2H])([2H])C([2H])([2H])Oc2ncnc(NS(=O)(=O)NC([2H])([2H])CC)c2-c2ccc(Br)cc2)nc([2H])c1C.[2H]c1nc(OC([2H])([2H])C([2H])([2H])Oc2ncnc(NS(=O)(=O)NCCC)c2-c2ccc(Br)cc2)nc([2H])c1C.[2H]c1nc(OC([2H])([2H])COc2ncnc(NS(=O)(=O)NC([2H])([2H])C([2H])([2H])C)c2-c2ccc(Br)cc2)nc([2H])c1C.[2H]c1nc(OC([2H])([2H])COc2ncnc(NS(=O)(=O)NC([2H])([2H])CC)c2-c2ccc(Br)cc2)nc([2H])c1C. The summed E-state index contributed by atoms with van der Waals surface area (Å²) in [4.78, 5) is 60.9. The summed E-state index contributed by atoms with van der Waals surface area (Å²) < 4.78 is 384. The molecule has 0 aliphatic carbocycles. The minimum absolute atomic E-state index is 0.0479. The molecule has 12 rings (SSSR count). The van der Waals surface area contributed by atoms with Gasteiger partial charge in [0.1, 0.15) is 77.9 Å². The van der Waals surface area contributed by atoms with Gasteiger partial charge >= 0.3 is 24.0 Å². The maximum atomic E-state index is 12.7. The first kappa shape index (κ1) is 67.0. The van der Waals surface area contributed by atoms with E-state index in [9.17, 15) is 33.7 Å². The van der Waals surface area contributed by atoms with Crippen LogP contribution in [0.3, 0.4) is 0 Å². The largest absolute Gasteiger partial charge is 0.473 e. The second-order valence-corrected chi connectivity index (χ2v) is 33.4. The van der Waals surface area contributed by atoms with Crippen LogP contribution < -0.4 is 75.7 Å². The number of ether oxygens (including phenoxy) is 8. The molecule has 0 saturated carbocycles. The highest BCUT2D eigenvalue weighted by Gasteiger charge is 2.26. The topological polar surface area (TPSA) is 513 Å². The third kappa shape index (κ3) is 34.0. The fraction of sp³-hybridized carbons (Fsp3) is 0.300. The highest BCUT2D eigenvalue weighted by atomic mass is 79.9. The van der Waals surface area contributed by atoms with Crippen molar-refractivity contribution in [1.82, 2.24) is 98.6 Å². The minimum Gasteiger partial charge on any atom is -0.473 e. The second kappa shape index (κ2) is 51.0. The van der Waals surface area contributed by atoms with Crippen LogP contribution in [-0.2, 0) is 40.8 Å². The Bertz CT molecular complexity index is 7490. The summed E-state index contributed by atoms with van der Waals surface area (Å²) >= 11 is 13.2. The summed E-state index contributed by atoms with van der Waals surface area (Å²) in [5.74, 6) is -2.91. The minimum atomic E-state index is -4.75. The van der Waals surface area contributed by atoms with Gasteiger partial charge in [0, 0.05) is 104 Å². The molecule has 0 saturated heterocycles. The molecule has 40 nitrogen and oxygen atoms in total. The number of aromatic nitrogens is 16. The van der Waals surface area contributed by atoms with Crippen LogP contribution in [0.25, 0.3) is 44.5 Å². The third-order valence-electron chi connectivity index (χ3n) is 14.4. The van der Waals surface area contributed by atoms with E-state index in [2.05, 4.69) is 162 Å². The number of nitrogens with zero attached hydrogens (tertiary/aromatic N) is 16. The fourth-order valence-corrected chi connectivity index (χ4v) is 13.4. The Kier molecular flexibility index (Phi) is 26.7. The van der Waals surface area contributed by atoms with Gasteiger partial charge in [0.25, 0.3) is 40.8 Å². The molecule has 8 aromatic heterocycles.